The summed E-state index contributed by atoms with van der Waals surface area (Å²) in [6, 6.07) is 8.34. The summed E-state index contributed by atoms with van der Waals surface area (Å²) in [5, 5.41) is 9.48. The number of hydrogen-bond donors (Lipinski definition) is 1. The monoisotopic (exact) mass is 312 g/mol. The summed E-state index contributed by atoms with van der Waals surface area (Å²) in [5.41, 5.74) is 1.29. The SMILES string of the molecule is OCC(CCC1CCCO1)Cc1cccc(Br)c1. The molecule has 1 aromatic carbocycles. The Hall–Kier alpha value is -0.380. The Morgan fingerprint density at radius 3 is 3.00 bits per heavy atom. The van der Waals surface area contributed by atoms with Gasteiger partial charge in [-0.15, -0.1) is 0 Å². The van der Waals surface area contributed by atoms with E-state index in [1.807, 2.05) is 12.1 Å². The van der Waals surface area contributed by atoms with E-state index in [1.54, 1.807) is 0 Å². The molecule has 0 bridgehead atoms. The zero-order valence-electron chi connectivity index (χ0n) is 10.6. The molecule has 100 valence electrons. The van der Waals surface area contributed by atoms with Crippen molar-refractivity contribution in [3.05, 3.63) is 34.3 Å². The fourth-order valence-corrected chi connectivity index (χ4v) is 3.00. The van der Waals surface area contributed by atoms with E-state index in [9.17, 15) is 5.11 Å². The highest BCUT2D eigenvalue weighted by molar-refractivity contribution is 9.10. The smallest absolute Gasteiger partial charge is 0.0576 e. The lowest BCUT2D eigenvalue weighted by Gasteiger charge is -2.16. The van der Waals surface area contributed by atoms with Crippen LogP contribution >= 0.6 is 15.9 Å². The molecule has 0 radical (unpaired) electrons. The number of aliphatic hydroxyl groups excluding tert-OH is 1. The van der Waals surface area contributed by atoms with Crippen LogP contribution in [0.1, 0.15) is 31.2 Å². The molecule has 0 saturated carbocycles. The van der Waals surface area contributed by atoms with Crippen molar-refractivity contribution in [3.63, 3.8) is 0 Å². The predicted molar refractivity (Wildman–Crippen MR) is 76.6 cm³/mol. The van der Waals surface area contributed by atoms with Gasteiger partial charge in [-0.2, -0.15) is 0 Å². The molecule has 0 amide bonds. The van der Waals surface area contributed by atoms with Crippen molar-refractivity contribution in [2.75, 3.05) is 13.2 Å². The molecule has 18 heavy (non-hydrogen) atoms. The largest absolute Gasteiger partial charge is 0.396 e. The van der Waals surface area contributed by atoms with Gasteiger partial charge in [-0.25, -0.2) is 0 Å². The number of halogens is 1. The van der Waals surface area contributed by atoms with Gasteiger partial charge in [0.05, 0.1) is 6.10 Å². The van der Waals surface area contributed by atoms with Crippen molar-refractivity contribution in [3.8, 4) is 0 Å². The van der Waals surface area contributed by atoms with Gasteiger partial charge in [0.15, 0.2) is 0 Å². The molecule has 1 aromatic rings. The van der Waals surface area contributed by atoms with E-state index in [0.717, 1.165) is 30.3 Å². The van der Waals surface area contributed by atoms with Crippen molar-refractivity contribution in [2.45, 2.75) is 38.2 Å². The lowest BCUT2D eigenvalue weighted by molar-refractivity contribution is 0.0932. The second-order valence-electron chi connectivity index (χ2n) is 5.10. The Balaban J connectivity index is 1.81. The zero-order chi connectivity index (χ0) is 12.8. The molecule has 2 rings (SSSR count). The normalized spacial score (nSPS) is 21.1. The molecule has 1 fully saturated rings. The molecule has 0 spiro atoms. The molecule has 1 aliphatic rings. The minimum Gasteiger partial charge on any atom is -0.396 e. The van der Waals surface area contributed by atoms with Gasteiger partial charge in [0.25, 0.3) is 0 Å². The van der Waals surface area contributed by atoms with E-state index < -0.39 is 0 Å². The van der Waals surface area contributed by atoms with E-state index in [1.165, 1.54) is 18.4 Å². The molecule has 1 aliphatic heterocycles. The van der Waals surface area contributed by atoms with Crippen LogP contribution in [0.4, 0.5) is 0 Å². The third kappa shape index (κ3) is 4.38. The number of aliphatic hydroxyl groups is 1. The second kappa shape index (κ2) is 7.27. The maximum absolute atomic E-state index is 9.48. The summed E-state index contributed by atoms with van der Waals surface area (Å²) < 4.78 is 6.74. The molecule has 2 nitrogen and oxygen atoms in total. The highest BCUT2D eigenvalue weighted by Crippen LogP contribution is 2.22. The first-order valence-corrected chi connectivity index (χ1v) is 7.54. The first-order chi connectivity index (χ1) is 8.78. The Labute approximate surface area is 117 Å². The quantitative estimate of drug-likeness (QED) is 0.870. The lowest BCUT2D eigenvalue weighted by Crippen LogP contribution is -2.14. The highest BCUT2D eigenvalue weighted by Gasteiger charge is 2.17. The van der Waals surface area contributed by atoms with E-state index in [4.69, 9.17) is 4.74 Å². The minimum absolute atomic E-state index is 0.263. The third-order valence-electron chi connectivity index (χ3n) is 3.59. The van der Waals surface area contributed by atoms with Gasteiger partial charge in [-0.3, -0.25) is 0 Å². The molecule has 2 unspecified atom stereocenters. The third-order valence-corrected chi connectivity index (χ3v) is 4.09. The van der Waals surface area contributed by atoms with Crippen molar-refractivity contribution in [1.29, 1.82) is 0 Å². The van der Waals surface area contributed by atoms with Crippen LogP contribution in [0.5, 0.6) is 0 Å². The summed E-state index contributed by atoms with van der Waals surface area (Å²) in [7, 11) is 0. The van der Waals surface area contributed by atoms with Gasteiger partial charge in [-0.1, -0.05) is 28.1 Å². The maximum atomic E-state index is 9.48. The summed E-state index contributed by atoms with van der Waals surface area (Å²) in [6.45, 7) is 1.18. The standard InChI is InChI=1S/C15H21BrO2/c16-14-4-1-3-12(10-14)9-13(11-17)6-7-15-5-2-8-18-15/h1,3-4,10,13,15,17H,2,5-9,11H2. The Bertz CT molecular complexity index is 361. The first kappa shape index (κ1) is 14.0. The van der Waals surface area contributed by atoms with Gasteiger partial charge in [0.2, 0.25) is 0 Å². The molecule has 0 aromatic heterocycles. The zero-order valence-corrected chi connectivity index (χ0v) is 12.2. The molecule has 0 aliphatic carbocycles. The highest BCUT2D eigenvalue weighted by atomic mass is 79.9. The van der Waals surface area contributed by atoms with Crippen LogP contribution in [0.3, 0.4) is 0 Å². The second-order valence-corrected chi connectivity index (χ2v) is 6.01. The lowest BCUT2D eigenvalue weighted by atomic mass is 9.94. The molecule has 1 heterocycles. The summed E-state index contributed by atoms with van der Waals surface area (Å²) in [4.78, 5) is 0. The minimum atomic E-state index is 0.263. The van der Waals surface area contributed by atoms with Gasteiger partial charge in [-0.05, 0) is 55.7 Å². The van der Waals surface area contributed by atoms with Crippen LogP contribution in [0.2, 0.25) is 0 Å². The molecular weight excluding hydrogens is 292 g/mol. The first-order valence-electron chi connectivity index (χ1n) is 6.75. The van der Waals surface area contributed by atoms with Crippen LogP contribution in [-0.4, -0.2) is 24.4 Å². The Morgan fingerprint density at radius 1 is 1.44 bits per heavy atom. The van der Waals surface area contributed by atoms with Gasteiger partial charge >= 0.3 is 0 Å². The summed E-state index contributed by atoms with van der Waals surface area (Å²) in [6.07, 6.45) is 5.89. The maximum Gasteiger partial charge on any atom is 0.0576 e. The van der Waals surface area contributed by atoms with Crippen LogP contribution in [-0.2, 0) is 11.2 Å². The van der Waals surface area contributed by atoms with E-state index in [-0.39, 0.29) is 6.61 Å². The molecule has 1 saturated heterocycles. The van der Waals surface area contributed by atoms with Crippen molar-refractivity contribution < 1.29 is 9.84 Å². The predicted octanol–water partition coefficient (Wildman–Crippen LogP) is 3.56. The molecular formula is C15H21BrO2. The fraction of sp³-hybridized carbons (Fsp3) is 0.600. The average Bonchev–Trinajstić information content (AvgIpc) is 2.87. The van der Waals surface area contributed by atoms with Gasteiger partial charge < -0.3 is 9.84 Å². The van der Waals surface area contributed by atoms with Crippen molar-refractivity contribution in [2.24, 2.45) is 5.92 Å². The van der Waals surface area contributed by atoms with Crippen LogP contribution in [0.15, 0.2) is 28.7 Å². The number of ether oxygens (including phenoxy) is 1. The molecule has 2 atom stereocenters. The van der Waals surface area contributed by atoms with E-state index in [0.29, 0.717) is 12.0 Å². The van der Waals surface area contributed by atoms with Crippen LogP contribution < -0.4 is 0 Å². The summed E-state index contributed by atoms with van der Waals surface area (Å²) in [5.74, 6) is 0.350. The fourth-order valence-electron chi connectivity index (χ4n) is 2.55. The number of benzene rings is 1. The van der Waals surface area contributed by atoms with E-state index >= 15 is 0 Å². The summed E-state index contributed by atoms with van der Waals surface area (Å²) >= 11 is 3.48. The molecule has 1 N–H and O–H groups in total. The average molecular weight is 313 g/mol. The van der Waals surface area contributed by atoms with Crippen molar-refractivity contribution in [1.82, 2.24) is 0 Å². The number of hydrogen-bond acceptors (Lipinski definition) is 2. The number of rotatable bonds is 6. The Morgan fingerprint density at radius 2 is 2.33 bits per heavy atom. The molecule has 3 heteroatoms. The van der Waals surface area contributed by atoms with E-state index in [2.05, 4.69) is 28.1 Å². The topological polar surface area (TPSA) is 29.5 Å². The van der Waals surface area contributed by atoms with Gasteiger partial charge in [0, 0.05) is 17.7 Å². The van der Waals surface area contributed by atoms with Gasteiger partial charge in [0.1, 0.15) is 0 Å². The van der Waals surface area contributed by atoms with Crippen LogP contribution in [0.25, 0.3) is 0 Å². The Kier molecular flexibility index (Phi) is 5.67. The van der Waals surface area contributed by atoms with Crippen molar-refractivity contribution >= 4 is 15.9 Å². The van der Waals surface area contributed by atoms with Crippen LogP contribution in [0, 0.1) is 5.92 Å².